The van der Waals surface area contributed by atoms with Crippen LogP contribution in [0, 0.1) is 0 Å². The van der Waals surface area contributed by atoms with E-state index in [0.717, 1.165) is 12.8 Å². The van der Waals surface area contributed by atoms with Crippen LogP contribution in [0.5, 0.6) is 0 Å². The van der Waals surface area contributed by atoms with Crippen LogP contribution in [0.3, 0.4) is 0 Å². The zero-order valence-corrected chi connectivity index (χ0v) is 13.5. The molecule has 0 N–H and O–H groups in total. The van der Waals surface area contributed by atoms with Gasteiger partial charge in [-0.15, -0.1) is 0 Å². The highest BCUT2D eigenvalue weighted by molar-refractivity contribution is 6.17. The van der Waals surface area contributed by atoms with E-state index < -0.39 is 0 Å². The summed E-state index contributed by atoms with van der Waals surface area (Å²) >= 11 is 0. The van der Waals surface area contributed by atoms with Crippen LogP contribution in [0.2, 0.25) is 0 Å². The standard InChI is InChI=1S/C19H30O2/c1-2-3-4-5-6-7-8-9-10-11-12-13-17-16-18(20)14-15-19(17)21/h14-16H,2-13H2,1H3. The Balaban J connectivity index is 1.91. The summed E-state index contributed by atoms with van der Waals surface area (Å²) in [5.74, 6) is -0.0330. The maximum atomic E-state index is 11.5. The van der Waals surface area contributed by atoms with Gasteiger partial charge in [0.1, 0.15) is 0 Å². The Bertz CT molecular complexity index is 377. The van der Waals surface area contributed by atoms with Crippen LogP contribution < -0.4 is 0 Å². The van der Waals surface area contributed by atoms with Gasteiger partial charge in [-0.1, -0.05) is 71.1 Å². The third kappa shape index (κ3) is 8.64. The van der Waals surface area contributed by atoms with Crippen LogP contribution in [-0.4, -0.2) is 11.6 Å². The molecule has 0 radical (unpaired) electrons. The maximum absolute atomic E-state index is 11.5. The molecule has 0 saturated carbocycles. The van der Waals surface area contributed by atoms with Crippen molar-refractivity contribution in [1.82, 2.24) is 0 Å². The van der Waals surface area contributed by atoms with E-state index in [-0.39, 0.29) is 11.6 Å². The molecule has 21 heavy (non-hydrogen) atoms. The molecule has 0 heterocycles. The van der Waals surface area contributed by atoms with Crippen LogP contribution >= 0.6 is 0 Å². The van der Waals surface area contributed by atoms with E-state index in [4.69, 9.17) is 0 Å². The molecule has 0 aromatic heterocycles. The van der Waals surface area contributed by atoms with Crippen LogP contribution in [0.4, 0.5) is 0 Å². The molecule has 1 rings (SSSR count). The van der Waals surface area contributed by atoms with Crippen LogP contribution in [0.15, 0.2) is 23.8 Å². The number of carbonyl (C=O) groups is 2. The maximum Gasteiger partial charge on any atom is 0.182 e. The van der Waals surface area contributed by atoms with Crippen molar-refractivity contribution in [3.05, 3.63) is 23.8 Å². The van der Waals surface area contributed by atoms with Gasteiger partial charge in [-0.05, 0) is 31.1 Å². The van der Waals surface area contributed by atoms with E-state index in [2.05, 4.69) is 6.92 Å². The molecule has 0 amide bonds. The van der Waals surface area contributed by atoms with Gasteiger partial charge in [-0.2, -0.15) is 0 Å². The number of carbonyl (C=O) groups excluding carboxylic acids is 2. The summed E-state index contributed by atoms with van der Waals surface area (Å²) < 4.78 is 0. The molecular weight excluding hydrogens is 260 g/mol. The van der Waals surface area contributed by atoms with Gasteiger partial charge in [0.15, 0.2) is 11.6 Å². The summed E-state index contributed by atoms with van der Waals surface area (Å²) in [7, 11) is 0. The van der Waals surface area contributed by atoms with Crippen molar-refractivity contribution in [3.63, 3.8) is 0 Å². The molecule has 0 aliphatic heterocycles. The largest absolute Gasteiger partial charge is 0.290 e. The Morgan fingerprint density at radius 1 is 0.714 bits per heavy atom. The lowest BCUT2D eigenvalue weighted by Crippen LogP contribution is -2.07. The summed E-state index contributed by atoms with van der Waals surface area (Å²) in [5.41, 5.74) is 0.693. The highest BCUT2D eigenvalue weighted by Gasteiger charge is 2.12. The smallest absolute Gasteiger partial charge is 0.182 e. The summed E-state index contributed by atoms with van der Waals surface area (Å²) in [6, 6.07) is 0. The van der Waals surface area contributed by atoms with Gasteiger partial charge in [-0.25, -0.2) is 0 Å². The highest BCUT2D eigenvalue weighted by Crippen LogP contribution is 2.16. The number of rotatable bonds is 12. The summed E-state index contributed by atoms with van der Waals surface area (Å²) in [6.07, 6.45) is 19.3. The second-order valence-corrected chi connectivity index (χ2v) is 6.06. The van der Waals surface area contributed by atoms with Crippen molar-refractivity contribution >= 4 is 11.6 Å². The fraction of sp³-hybridized carbons (Fsp3) is 0.684. The Morgan fingerprint density at radius 2 is 1.24 bits per heavy atom. The van der Waals surface area contributed by atoms with Crippen molar-refractivity contribution in [2.75, 3.05) is 0 Å². The van der Waals surface area contributed by atoms with E-state index in [0.29, 0.717) is 5.57 Å². The lowest BCUT2D eigenvalue weighted by atomic mass is 9.97. The average Bonchev–Trinajstić information content (AvgIpc) is 2.48. The van der Waals surface area contributed by atoms with Crippen LogP contribution in [-0.2, 0) is 9.59 Å². The minimum atomic E-state index is -0.0485. The second-order valence-electron chi connectivity index (χ2n) is 6.06. The van der Waals surface area contributed by atoms with Gasteiger partial charge in [-0.3, -0.25) is 9.59 Å². The third-order valence-corrected chi connectivity index (χ3v) is 4.08. The first kappa shape index (κ1) is 17.9. The molecule has 2 nitrogen and oxygen atoms in total. The van der Waals surface area contributed by atoms with Crippen molar-refractivity contribution in [2.45, 2.75) is 84.0 Å². The predicted octanol–water partition coefficient (Wildman–Crippen LogP) is 5.32. The minimum absolute atomic E-state index is 0.0154. The minimum Gasteiger partial charge on any atom is -0.290 e. The topological polar surface area (TPSA) is 34.1 Å². The van der Waals surface area contributed by atoms with Crippen molar-refractivity contribution in [1.29, 1.82) is 0 Å². The Labute approximate surface area is 129 Å². The van der Waals surface area contributed by atoms with Crippen molar-refractivity contribution in [2.24, 2.45) is 0 Å². The third-order valence-electron chi connectivity index (χ3n) is 4.08. The van der Waals surface area contributed by atoms with Gasteiger partial charge < -0.3 is 0 Å². The van der Waals surface area contributed by atoms with E-state index in [1.165, 1.54) is 82.4 Å². The highest BCUT2D eigenvalue weighted by atomic mass is 16.1. The first-order valence-corrected chi connectivity index (χ1v) is 8.71. The Hall–Kier alpha value is -1.18. The van der Waals surface area contributed by atoms with E-state index in [1.54, 1.807) is 0 Å². The fourth-order valence-electron chi connectivity index (χ4n) is 2.73. The van der Waals surface area contributed by atoms with Crippen LogP contribution in [0.25, 0.3) is 0 Å². The molecule has 0 saturated heterocycles. The van der Waals surface area contributed by atoms with Gasteiger partial charge in [0.25, 0.3) is 0 Å². The molecule has 0 unspecified atom stereocenters. The predicted molar refractivity (Wildman–Crippen MR) is 88.3 cm³/mol. The lowest BCUT2D eigenvalue weighted by molar-refractivity contribution is -0.114. The number of hydrogen-bond acceptors (Lipinski definition) is 2. The number of hydrogen-bond donors (Lipinski definition) is 0. The molecule has 0 atom stereocenters. The molecule has 0 spiro atoms. The normalized spacial score (nSPS) is 14.6. The Kier molecular flexibility index (Phi) is 9.77. The van der Waals surface area contributed by atoms with Gasteiger partial charge in [0.05, 0.1) is 0 Å². The average molecular weight is 290 g/mol. The van der Waals surface area contributed by atoms with Gasteiger partial charge in [0, 0.05) is 5.57 Å². The monoisotopic (exact) mass is 290 g/mol. The molecule has 0 bridgehead atoms. The molecule has 0 aromatic carbocycles. The Morgan fingerprint density at radius 3 is 1.81 bits per heavy atom. The van der Waals surface area contributed by atoms with Gasteiger partial charge >= 0.3 is 0 Å². The SMILES string of the molecule is CCCCCCCCCCCCCC1=CC(=O)C=CC1=O. The molecule has 118 valence electrons. The van der Waals surface area contributed by atoms with E-state index in [1.807, 2.05) is 0 Å². The van der Waals surface area contributed by atoms with E-state index >= 15 is 0 Å². The molecule has 1 aliphatic carbocycles. The molecular formula is C19H30O2. The number of unbranched alkanes of at least 4 members (excludes halogenated alkanes) is 10. The number of ketones is 2. The second kappa shape index (κ2) is 11.5. The quantitative estimate of drug-likeness (QED) is 0.360. The molecule has 0 aromatic rings. The first-order chi connectivity index (χ1) is 10.2. The molecule has 0 fully saturated rings. The molecule has 1 aliphatic rings. The lowest BCUT2D eigenvalue weighted by Gasteiger charge is -2.06. The first-order valence-electron chi connectivity index (χ1n) is 8.71. The van der Waals surface area contributed by atoms with E-state index in [9.17, 15) is 9.59 Å². The fourth-order valence-corrected chi connectivity index (χ4v) is 2.73. The summed E-state index contributed by atoms with van der Waals surface area (Å²) in [6.45, 7) is 2.25. The van der Waals surface area contributed by atoms with Crippen LogP contribution in [0.1, 0.15) is 84.0 Å². The summed E-state index contributed by atoms with van der Waals surface area (Å²) in [5, 5.41) is 0. The van der Waals surface area contributed by atoms with Crippen molar-refractivity contribution < 1.29 is 9.59 Å². The molecule has 2 heteroatoms. The zero-order chi connectivity index (χ0) is 15.3. The zero-order valence-electron chi connectivity index (χ0n) is 13.5. The number of allylic oxidation sites excluding steroid dienone is 4. The summed E-state index contributed by atoms with van der Waals surface area (Å²) in [4.78, 5) is 22.8. The van der Waals surface area contributed by atoms with Crippen molar-refractivity contribution in [3.8, 4) is 0 Å². The van der Waals surface area contributed by atoms with Gasteiger partial charge in [0.2, 0.25) is 0 Å².